The minimum absolute atomic E-state index is 0.0449. The van der Waals surface area contributed by atoms with Gasteiger partial charge in [-0.05, 0) is 12.8 Å². The summed E-state index contributed by atoms with van der Waals surface area (Å²) in [6.45, 7) is 2.64. The van der Waals surface area contributed by atoms with E-state index in [1.165, 1.54) is 0 Å². The number of amides is 2. The summed E-state index contributed by atoms with van der Waals surface area (Å²) in [5.41, 5.74) is 5.54. The highest BCUT2D eigenvalue weighted by atomic mass is 32.1. The molecule has 1 saturated heterocycles. The first kappa shape index (κ1) is 13.9. The van der Waals surface area contributed by atoms with Crippen LogP contribution in [0, 0.1) is 5.92 Å². The molecule has 0 bridgehead atoms. The predicted octanol–water partition coefficient (Wildman–Crippen LogP) is 0.0357. The van der Waals surface area contributed by atoms with Gasteiger partial charge in [-0.2, -0.15) is 0 Å². The van der Waals surface area contributed by atoms with Crippen LogP contribution in [-0.4, -0.2) is 41.3 Å². The van der Waals surface area contributed by atoms with Crippen LogP contribution in [-0.2, 0) is 9.59 Å². The van der Waals surface area contributed by atoms with Crippen molar-refractivity contribution in [2.75, 3.05) is 13.6 Å². The van der Waals surface area contributed by atoms with E-state index in [-0.39, 0.29) is 16.8 Å². The summed E-state index contributed by atoms with van der Waals surface area (Å²) in [5.74, 6) is -0.738. The molecule has 1 heterocycles. The largest absolute Gasteiger partial charge is 0.393 e. The van der Waals surface area contributed by atoms with Crippen LogP contribution in [0.5, 0.6) is 0 Å². The van der Waals surface area contributed by atoms with Gasteiger partial charge in [-0.25, -0.2) is 0 Å². The Hall–Kier alpha value is -1.17. The lowest BCUT2D eigenvalue weighted by Crippen LogP contribution is -2.46. The minimum atomic E-state index is -0.464. The van der Waals surface area contributed by atoms with E-state index in [4.69, 9.17) is 18.0 Å². The Morgan fingerprint density at radius 3 is 2.76 bits per heavy atom. The molecule has 2 atom stereocenters. The second kappa shape index (κ2) is 5.95. The van der Waals surface area contributed by atoms with E-state index >= 15 is 0 Å². The monoisotopic (exact) mass is 257 g/mol. The fourth-order valence-corrected chi connectivity index (χ4v) is 2.14. The molecule has 1 aliphatic heterocycles. The number of likely N-dealkylation sites (tertiary alicyclic amines) is 1. The number of carbonyl (C=O) groups excluding carboxylic acids is 2. The number of thiocarbonyl (C=S) groups is 1. The minimum Gasteiger partial charge on any atom is -0.393 e. The Morgan fingerprint density at radius 2 is 2.35 bits per heavy atom. The first-order valence-electron chi connectivity index (χ1n) is 5.82. The molecule has 1 aliphatic rings. The molecule has 5 nitrogen and oxygen atoms in total. The van der Waals surface area contributed by atoms with Gasteiger partial charge in [0.15, 0.2) is 0 Å². The van der Waals surface area contributed by atoms with Crippen molar-refractivity contribution in [3.05, 3.63) is 0 Å². The summed E-state index contributed by atoms with van der Waals surface area (Å²) in [7, 11) is 1.73. The molecule has 6 heteroatoms. The fraction of sp³-hybridized carbons (Fsp3) is 0.727. The number of nitrogens with two attached hydrogens (primary N) is 1. The summed E-state index contributed by atoms with van der Waals surface area (Å²) < 4.78 is 0. The maximum Gasteiger partial charge on any atom is 0.244 e. The van der Waals surface area contributed by atoms with Crippen molar-refractivity contribution >= 4 is 29.0 Å². The zero-order valence-corrected chi connectivity index (χ0v) is 11.0. The van der Waals surface area contributed by atoms with Gasteiger partial charge in [0.05, 0.1) is 10.9 Å². The third kappa shape index (κ3) is 3.39. The van der Waals surface area contributed by atoms with Crippen LogP contribution < -0.4 is 11.1 Å². The zero-order valence-electron chi connectivity index (χ0n) is 10.2. The van der Waals surface area contributed by atoms with Gasteiger partial charge >= 0.3 is 0 Å². The topological polar surface area (TPSA) is 75.4 Å². The second-order valence-corrected chi connectivity index (χ2v) is 4.82. The number of carbonyl (C=O) groups is 2. The highest BCUT2D eigenvalue weighted by molar-refractivity contribution is 7.80. The molecule has 1 fully saturated rings. The first-order chi connectivity index (χ1) is 7.97. The Balaban J connectivity index is 2.58. The zero-order chi connectivity index (χ0) is 13.0. The van der Waals surface area contributed by atoms with Crippen molar-refractivity contribution < 1.29 is 9.59 Å². The highest BCUT2D eigenvalue weighted by Crippen LogP contribution is 2.12. The van der Waals surface area contributed by atoms with Crippen LogP contribution in [0.25, 0.3) is 0 Å². The molecule has 2 unspecified atom stereocenters. The Kier molecular flexibility index (Phi) is 4.86. The normalized spacial score (nSPS) is 21.4. The fourth-order valence-electron chi connectivity index (χ4n) is 1.92. The van der Waals surface area contributed by atoms with Crippen LogP contribution in [0.3, 0.4) is 0 Å². The Morgan fingerprint density at radius 1 is 1.71 bits per heavy atom. The van der Waals surface area contributed by atoms with Crippen LogP contribution in [0.1, 0.15) is 26.2 Å². The molecule has 0 aromatic carbocycles. The molecular formula is C11H19N3O2S. The van der Waals surface area contributed by atoms with E-state index in [0.29, 0.717) is 19.4 Å². The summed E-state index contributed by atoms with van der Waals surface area (Å²) in [5, 5.41) is 2.73. The van der Waals surface area contributed by atoms with Gasteiger partial charge < -0.3 is 16.0 Å². The SMILES string of the molecule is CCCC(C(=O)NC1CCN(C)C1=O)C(N)=S. The van der Waals surface area contributed by atoms with Crippen molar-refractivity contribution in [1.82, 2.24) is 10.2 Å². The molecule has 17 heavy (non-hydrogen) atoms. The first-order valence-corrected chi connectivity index (χ1v) is 6.22. The number of likely N-dealkylation sites (N-methyl/N-ethyl adjacent to an activating group) is 1. The van der Waals surface area contributed by atoms with E-state index in [0.717, 1.165) is 6.42 Å². The van der Waals surface area contributed by atoms with E-state index in [9.17, 15) is 9.59 Å². The van der Waals surface area contributed by atoms with Gasteiger partial charge in [0.2, 0.25) is 11.8 Å². The van der Waals surface area contributed by atoms with Gasteiger partial charge in [-0.3, -0.25) is 9.59 Å². The molecule has 0 spiro atoms. The quantitative estimate of drug-likeness (QED) is 0.682. The molecular weight excluding hydrogens is 238 g/mol. The molecule has 3 N–H and O–H groups in total. The van der Waals surface area contributed by atoms with Crippen molar-refractivity contribution in [2.24, 2.45) is 11.7 Å². The molecule has 0 aromatic heterocycles. The van der Waals surface area contributed by atoms with E-state index in [1.54, 1.807) is 11.9 Å². The number of hydrogen-bond acceptors (Lipinski definition) is 3. The standard InChI is InChI=1S/C11H19N3O2S/c1-3-4-7(9(12)17)10(15)13-8-5-6-14(2)11(8)16/h7-8H,3-6H2,1-2H3,(H2,12,17)(H,13,15). The van der Waals surface area contributed by atoms with Gasteiger partial charge in [0.25, 0.3) is 0 Å². The van der Waals surface area contributed by atoms with Crippen molar-refractivity contribution in [1.29, 1.82) is 0 Å². The Bertz CT molecular complexity index is 333. The van der Waals surface area contributed by atoms with Crippen LogP contribution in [0.15, 0.2) is 0 Å². The smallest absolute Gasteiger partial charge is 0.244 e. The Labute approximate surface area is 107 Å². The average Bonchev–Trinajstić information content (AvgIpc) is 2.57. The van der Waals surface area contributed by atoms with E-state index < -0.39 is 12.0 Å². The third-order valence-corrected chi connectivity index (χ3v) is 3.27. The molecule has 96 valence electrons. The van der Waals surface area contributed by atoms with Crippen molar-refractivity contribution in [3.8, 4) is 0 Å². The number of rotatable bonds is 5. The lowest BCUT2D eigenvalue weighted by atomic mass is 10.0. The number of hydrogen-bond donors (Lipinski definition) is 2. The third-order valence-electron chi connectivity index (χ3n) is 2.98. The summed E-state index contributed by atoms with van der Waals surface area (Å²) in [4.78, 5) is 25.4. The van der Waals surface area contributed by atoms with Crippen LogP contribution in [0.4, 0.5) is 0 Å². The molecule has 2 amide bonds. The molecule has 0 saturated carbocycles. The summed E-state index contributed by atoms with van der Waals surface area (Å²) in [6, 6.07) is -0.416. The van der Waals surface area contributed by atoms with Gasteiger partial charge in [0, 0.05) is 13.6 Å². The van der Waals surface area contributed by atoms with Gasteiger partial charge in [-0.15, -0.1) is 0 Å². The lowest BCUT2D eigenvalue weighted by molar-refractivity contribution is -0.132. The summed E-state index contributed by atoms with van der Waals surface area (Å²) >= 11 is 4.87. The predicted molar refractivity (Wildman–Crippen MR) is 69.4 cm³/mol. The highest BCUT2D eigenvalue weighted by Gasteiger charge is 2.32. The van der Waals surface area contributed by atoms with Gasteiger partial charge in [-0.1, -0.05) is 25.6 Å². The molecule has 0 aliphatic carbocycles. The number of nitrogens with zero attached hydrogens (tertiary/aromatic N) is 1. The average molecular weight is 257 g/mol. The van der Waals surface area contributed by atoms with Crippen molar-refractivity contribution in [2.45, 2.75) is 32.2 Å². The maximum atomic E-state index is 11.9. The van der Waals surface area contributed by atoms with Gasteiger partial charge in [0.1, 0.15) is 6.04 Å². The van der Waals surface area contributed by atoms with E-state index in [1.807, 2.05) is 6.92 Å². The van der Waals surface area contributed by atoms with Crippen molar-refractivity contribution in [3.63, 3.8) is 0 Å². The number of nitrogens with one attached hydrogen (secondary N) is 1. The molecule has 1 rings (SSSR count). The lowest BCUT2D eigenvalue weighted by Gasteiger charge is -2.17. The maximum absolute atomic E-state index is 11.9. The van der Waals surface area contributed by atoms with Crippen LogP contribution >= 0.6 is 12.2 Å². The summed E-state index contributed by atoms with van der Waals surface area (Å²) in [6.07, 6.45) is 2.10. The molecule has 0 radical (unpaired) electrons. The molecule has 0 aromatic rings. The second-order valence-electron chi connectivity index (χ2n) is 4.35. The van der Waals surface area contributed by atoms with Crippen LogP contribution in [0.2, 0.25) is 0 Å². The van der Waals surface area contributed by atoms with E-state index in [2.05, 4.69) is 5.32 Å².